The number of rotatable bonds is 5. The van der Waals surface area contributed by atoms with E-state index in [0.717, 1.165) is 45.0 Å². The lowest BCUT2D eigenvalue weighted by Crippen LogP contribution is -2.25. The Labute approximate surface area is 200 Å². The number of benzene rings is 2. The van der Waals surface area contributed by atoms with Gasteiger partial charge in [0.2, 0.25) is 0 Å². The number of carbonyl (C=O) groups excluding carboxylic acids is 1. The molecule has 5 aromatic rings. The monoisotopic (exact) mass is 466 g/mol. The number of nitrogens with zero attached hydrogens (tertiary/aromatic N) is 4. The van der Waals surface area contributed by atoms with Crippen LogP contribution in [0.15, 0.2) is 71.7 Å². The zero-order valence-electron chi connectivity index (χ0n) is 18.6. The van der Waals surface area contributed by atoms with Crippen molar-refractivity contribution in [2.75, 3.05) is 0 Å². The van der Waals surface area contributed by atoms with Gasteiger partial charge in [0.15, 0.2) is 11.6 Å². The third-order valence-electron chi connectivity index (χ3n) is 5.97. The predicted molar refractivity (Wildman–Crippen MR) is 134 cm³/mol. The average Bonchev–Trinajstić information content (AvgIpc) is 3.58. The summed E-state index contributed by atoms with van der Waals surface area (Å²) in [6, 6.07) is 22.1. The highest BCUT2D eigenvalue weighted by atomic mass is 32.1. The molecule has 1 aliphatic heterocycles. The van der Waals surface area contributed by atoms with Crippen molar-refractivity contribution in [3.8, 4) is 5.00 Å². The number of aliphatic imine (C=N–C) groups is 1. The van der Waals surface area contributed by atoms with Gasteiger partial charge in [-0.05, 0) is 24.6 Å². The van der Waals surface area contributed by atoms with Crippen LogP contribution in [0, 0.1) is 0 Å². The molecule has 2 N–H and O–H groups in total. The van der Waals surface area contributed by atoms with E-state index in [4.69, 9.17) is 4.99 Å². The van der Waals surface area contributed by atoms with Gasteiger partial charge in [0.05, 0.1) is 12.3 Å². The van der Waals surface area contributed by atoms with E-state index in [0.29, 0.717) is 18.1 Å². The molecule has 0 unspecified atom stereocenters. The SMILES string of the molecule is CCc1cc2c(s1)-n1c(nnc1CNC(=O)c1cc3ccccc3[nH]1)CN=C2c1ccccc1. The summed E-state index contributed by atoms with van der Waals surface area (Å²) in [5.41, 5.74) is 4.58. The Morgan fingerprint density at radius 3 is 2.74 bits per heavy atom. The van der Waals surface area contributed by atoms with Gasteiger partial charge in [-0.15, -0.1) is 21.5 Å². The number of aromatic nitrogens is 4. The first kappa shape index (κ1) is 20.6. The van der Waals surface area contributed by atoms with Crippen LogP contribution in [0.2, 0.25) is 0 Å². The molecule has 0 spiro atoms. The van der Waals surface area contributed by atoms with Gasteiger partial charge in [-0.2, -0.15) is 0 Å². The van der Waals surface area contributed by atoms with E-state index in [-0.39, 0.29) is 12.5 Å². The molecule has 0 bridgehead atoms. The lowest BCUT2D eigenvalue weighted by molar-refractivity contribution is 0.0945. The van der Waals surface area contributed by atoms with Gasteiger partial charge >= 0.3 is 0 Å². The summed E-state index contributed by atoms with van der Waals surface area (Å²) in [6.07, 6.45) is 0.934. The first-order chi connectivity index (χ1) is 16.7. The van der Waals surface area contributed by atoms with Crippen molar-refractivity contribution in [3.63, 3.8) is 0 Å². The van der Waals surface area contributed by atoms with E-state index in [1.807, 2.05) is 48.5 Å². The second-order valence-electron chi connectivity index (χ2n) is 8.14. The number of nitrogens with one attached hydrogen (secondary N) is 2. The standard InChI is InChI=1S/C26H22N6OS/c1-2-18-13-19-24(16-8-4-3-5-9-16)27-14-22-30-31-23(32(22)26(19)34-18)15-28-25(33)21-12-17-10-6-7-11-20(17)29-21/h3-13,29H,2,14-15H2,1H3,(H,28,33). The van der Waals surface area contributed by atoms with Crippen LogP contribution in [0.4, 0.5) is 0 Å². The number of hydrogen-bond acceptors (Lipinski definition) is 5. The summed E-state index contributed by atoms with van der Waals surface area (Å²) in [5, 5.41) is 13.9. The minimum absolute atomic E-state index is 0.177. The number of H-pyrrole nitrogens is 1. The van der Waals surface area contributed by atoms with Crippen LogP contribution in [0.25, 0.3) is 15.9 Å². The fraction of sp³-hybridized carbons (Fsp3) is 0.154. The molecule has 0 fully saturated rings. The minimum Gasteiger partial charge on any atom is -0.351 e. The second-order valence-corrected chi connectivity index (χ2v) is 9.25. The largest absolute Gasteiger partial charge is 0.351 e. The first-order valence-corrected chi connectivity index (χ1v) is 12.1. The Morgan fingerprint density at radius 2 is 1.91 bits per heavy atom. The minimum atomic E-state index is -0.177. The molecule has 8 heteroatoms. The van der Waals surface area contributed by atoms with E-state index in [9.17, 15) is 4.79 Å². The summed E-state index contributed by atoms with van der Waals surface area (Å²) < 4.78 is 2.06. The molecule has 0 saturated carbocycles. The Hall–Kier alpha value is -4.04. The molecular weight excluding hydrogens is 444 g/mol. The molecule has 6 rings (SSSR count). The number of fused-ring (bicyclic) bond motifs is 4. The van der Waals surface area contributed by atoms with Crippen molar-refractivity contribution in [2.45, 2.75) is 26.4 Å². The second kappa shape index (κ2) is 8.39. The van der Waals surface area contributed by atoms with Crippen molar-refractivity contribution in [2.24, 2.45) is 4.99 Å². The topological polar surface area (TPSA) is 88.0 Å². The van der Waals surface area contributed by atoms with E-state index < -0.39 is 0 Å². The predicted octanol–water partition coefficient (Wildman–Crippen LogP) is 4.65. The molecule has 1 aliphatic rings. The van der Waals surface area contributed by atoms with Gasteiger partial charge in [-0.25, -0.2) is 0 Å². The Balaban J connectivity index is 1.33. The molecule has 0 atom stereocenters. The maximum atomic E-state index is 12.9. The number of aromatic amines is 1. The summed E-state index contributed by atoms with van der Waals surface area (Å²) in [7, 11) is 0. The van der Waals surface area contributed by atoms with E-state index >= 15 is 0 Å². The van der Waals surface area contributed by atoms with Crippen LogP contribution in [0.1, 0.15) is 45.1 Å². The van der Waals surface area contributed by atoms with Gasteiger partial charge < -0.3 is 10.3 Å². The highest BCUT2D eigenvalue weighted by molar-refractivity contribution is 7.15. The van der Waals surface area contributed by atoms with E-state index in [1.54, 1.807) is 11.3 Å². The summed E-state index contributed by atoms with van der Waals surface area (Å²) in [4.78, 5) is 22.2. The van der Waals surface area contributed by atoms with Crippen molar-refractivity contribution in [1.29, 1.82) is 0 Å². The lowest BCUT2D eigenvalue weighted by atomic mass is 10.0. The summed E-state index contributed by atoms with van der Waals surface area (Å²) >= 11 is 1.73. The van der Waals surface area contributed by atoms with Crippen LogP contribution in [0.3, 0.4) is 0 Å². The van der Waals surface area contributed by atoms with E-state index in [1.165, 1.54) is 4.88 Å². The molecule has 1 amide bonds. The fourth-order valence-corrected chi connectivity index (χ4v) is 5.41. The normalized spacial score (nSPS) is 12.7. The maximum absolute atomic E-state index is 12.9. The van der Waals surface area contributed by atoms with Crippen molar-refractivity contribution < 1.29 is 4.79 Å². The van der Waals surface area contributed by atoms with Crippen LogP contribution in [-0.4, -0.2) is 31.4 Å². The van der Waals surface area contributed by atoms with Gasteiger partial charge in [-0.1, -0.05) is 55.5 Å². The molecule has 0 radical (unpaired) electrons. The molecule has 2 aromatic carbocycles. The molecule has 0 saturated heterocycles. The number of amides is 1. The number of carbonyl (C=O) groups is 1. The molecule has 0 aliphatic carbocycles. The molecular formula is C26H22N6OS. The highest BCUT2D eigenvalue weighted by Crippen LogP contribution is 2.33. The van der Waals surface area contributed by atoms with Gasteiger partial charge in [0.25, 0.3) is 5.91 Å². The van der Waals surface area contributed by atoms with Gasteiger partial charge in [0, 0.05) is 26.9 Å². The van der Waals surface area contributed by atoms with Crippen LogP contribution in [0.5, 0.6) is 0 Å². The quantitative estimate of drug-likeness (QED) is 0.395. The Kier molecular flexibility index (Phi) is 5.07. The fourth-order valence-electron chi connectivity index (χ4n) is 4.27. The molecule has 168 valence electrons. The lowest BCUT2D eigenvalue weighted by Gasteiger charge is -2.09. The smallest absolute Gasteiger partial charge is 0.268 e. The number of thiophene rings is 1. The molecule has 3 aromatic heterocycles. The van der Waals surface area contributed by atoms with Crippen molar-refractivity contribution in [1.82, 2.24) is 25.1 Å². The maximum Gasteiger partial charge on any atom is 0.268 e. The van der Waals surface area contributed by atoms with E-state index in [2.05, 4.69) is 50.2 Å². The van der Waals surface area contributed by atoms with Gasteiger partial charge in [0.1, 0.15) is 17.2 Å². The van der Waals surface area contributed by atoms with Crippen molar-refractivity contribution in [3.05, 3.63) is 100 Å². The summed E-state index contributed by atoms with van der Waals surface area (Å²) in [5.74, 6) is 1.28. The van der Waals surface area contributed by atoms with Gasteiger partial charge in [-0.3, -0.25) is 14.4 Å². The van der Waals surface area contributed by atoms with Crippen LogP contribution < -0.4 is 5.32 Å². The number of para-hydroxylation sites is 1. The third kappa shape index (κ3) is 3.52. The molecule has 4 heterocycles. The summed E-state index contributed by atoms with van der Waals surface area (Å²) in [6.45, 7) is 2.84. The number of hydrogen-bond donors (Lipinski definition) is 2. The van der Waals surface area contributed by atoms with Crippen LogP contribution in [-0.2, 0) is 19.5 Å². The zero-order valence-corrected chi connectivity index (χ0v) is 19.4. The number of aryl methyl sites for hydroxylation is 1. The Bertz CT molecular complexity index is 1510. The van der Waals surface area contributed by atoms with Crippen LogP contribution >= 0.6 is 11.3 Å². The zero-order chi connectivity index (χ0) is 23.1. The van der Waals surface area contributed by atoms with Crippen molar-refractivity contribution >= 4 is 33.9 Å². The Morgan fingerprint density at radius 1 is 1.09 bits per heavy atom. The average molecular weight is 467 g/mol. The molecule has 34 heavy (non-hydrogen) atoms. The third-order valence-corrected chi connectivity index (χ3v) is 7.24. The first-order valence-electron chi connectivity index (χ1n) is 11.2. The molecule has 7 nitrogen and oxygen atoms in total. The highest BCUT2D eigenvalue weighted by Gasteiger charge is 2.25.